The Morgan fingerprint density at radius 1 is 1.02 bits per heavy atom. The molecule has 3 aromatic rings. The molecule has 1 spiro atoms. The standard InChI is InChI=1S/C44H54N4O5/c1-7-27-20-28-23-44(41(50)53-6,37-30(14-18-47(25-27)26-28)29-12-9-10-13-34(29)45-37)33-21-32-35(22-36(33)51-4)46(3)38-31(39(49)52-5)24-42(8-2)15-11-17-48-19-16-43(32,38)40(42)48/h9-13,15,20-22,28,31,38,40,45H,7-8,14,16-19,23-26H2,1-6H3/t28-,31+,38+,40+,42+,43+,44+/m1/s1. The van der Waals surface area contributed by atoms with Gasteiger partial charge >= 0.3 is 11.9 Å². The van der Waals surface area contributed by atoms with Crippen LogP contribution in [0.3, 0.4) is 0 Å². The van der Waals surface area contributed by atoms with E-state index in [0.717, 1.165) is 92.7 Å². The number of carbonyl (C=O) groups is 2. The first-order valence-corrected chi connectivity index (χ1v) is 19.7. The van der Waals surface area contributed by atoms with Crippen LogP contribution < -0.4 is 9.64 Å². The number of carbonyl (C=O) groups excluding carboxylic acids is 2. The lowest BCUT2D eigenvalue weighted by atomic mass is 9.50. The van der Waals surface area contributed by atoms with E-state index in [4.69, 9.17) is 14.2 Å². The average molecular weight is 719 g/mol. The van der Waals surface area contributed by atoms with Gasteiger partial charge in [-0.3, -0.25) is 19.4 Å². The van der Waals surface area contributed by atoms with Crippen LogP contribution in [0.4, 0.5) is 5.69 Å². The van der Waals surface area contributed by atoms with Crippen LogP contribution >= 0.6 is 0 Å². The van der Waals surface area contributed by atoms with Gasteiger partial charge in [0.15, 0.2) is 0 Å². The summed E-state index contributed by atoms with van der Waals surface area (Å²) < 4.78 is 18.0. The summed E-state index contributed by atoms with van der Waals surface area (Å²) in [5.41, 5.74) is 5.94. The Labute approximate surface area is 313 Å². The number of fused-ring (bicyclic) bond motifs is 6. The first kappa shape index (κ1) is 34.7. The molecule has 0 radical (unpaired) electrons. The minimum atomic E-state index is -1.19. The minimum absolute atomic E-state index is 0.0914. The predicted molar refractivity (Wildman–Crippen MR) is 207 cm³/mol. The summed E-state index contributed by atoms with van der Waals surface area (Å²) in [7, 11) is 6.92. The zero-order chi connectivity index (χ0) is 36.9. The molecule has 9 rings (SSSR count). The summed E-state index contributed by atoms with van der Waals surface area (Å²) in [4.78, 5) is 40.5. The first-order chi connectivity index (χ1) is 25.7. The predicted octanol–water partition coefficient (Wildman–Crippen LogP) is 6.14. The molecule has 1 saturated carbocycles. The molecule has 0 amide bonds. The lowest BCUT2D eigenvalue weighted by Crippen LogP contribution is -2.67. The third-order valence-corrected chi connectivity index (χ3v) is 14.6. The van der Waals surface area contributed by atoms with Gasteiger partial charge in [-0.25, -0.2) is 0 Å². The Balaban J connectivity index is 1.35. The molecule has 280 valence electrons. The number of hydrogen-bond acceptors (Lipinski definition) is 8. The molecular formula is C44H54N4O5. The van der Waals surface area contributed by atoms with E-state index in [1.54, 1.807) is 7.11 Å². The number of benzene rings is 2. The second-order valence-electron chi connectivity index (χ2n) is 16.7. The van der Waals surface area contributed by atoms with Crippen LogP contribution in [0.15, 0.2) is 60.2 Å². The second kappa shape index (κ2) is 12.5. The summed E-state index contributed by atoms with van der Waals surface area (Å²) in [6.45, 7) is 9.12. The fourth-order valence-corrected chi connectivity index (χ4v) is 12.6. The maximum atomic E-state index is 15.2. The molecule has 5 aliphatic heterocycles. The van der Waals surface area contributed by atoms with Crippen molar-refractivity contribution in [3.05, 3.63) is 82.6 Å². The molecule has 53 heavy (non-hydrogen) atoms. The number of nitrogens with zero attached hydrogens (tertiary/aromatic N) is 3. The highest BCUT2D eigenvalue weighted by Crippen LogP contribution is 2.67. The fraction of sp³-hybridized carbons (Fsp3) is 0.545. The molecule has 6 heterocycles. The van der Waals surface area contributed by atoms with E-state index in [-0.39, 0.29) is 46.7 Å². The number of anilines is 1. The smallest absolute Gasteiger partial charge is 0.322 e. The summed E-state index contributed by atoms with van der Waals surface area (Å²) >= 11 is 0. The van der Waals surface area contributed by atoms with E-state index >= 15 is 4.79 Å². The molecule has 1 aromatic heterocycles. The number of esters is 2. The molecule has 2 aromatic carbocycles. The average Bonchev–Trinajstić information content (AvgIpc) is 3.85. The number of aromatic amines is 1. The van der Waals surface area contributed by atoms with Crippen molar-refractivity contribution in [2.45, 2.75) is 75.3 Å². The van der Waals surface area contributed by atoms with Crippen molar-refractivity contribution < 1.29 is 23.8 Å². The molecular weight excluding hydrogens is 665 g/mol. The van der Waals surface area contributed by atoms with Crippen molar-refractivity contribution in [2.24, 2.45) is 17.3 Å². The van der Waals surface area contributed by atoms with E-state index < -0.39 is 5.41 Å². The van der Waals surface area contributed by atoms with Gasteiger partial charge < -0.3 is 24.1 Å². The number of rotatable bonds is 6. The van der Waals surface area contributed by atoms with Gasteiger partial charge in [-0.1, -0.05) is 55.8 Å². The van der Waals surface area contributed by atoms with Gasteiger partial charge in [0.2, 0.25) is 0 Å². The number of hydrogen-bond donors (Lipinski definition) is 1. The van der Waals surface area contributed by atoms with Gasteiger partial charge in [-0.15, -0.1) is 0 Å². The number of ether oxygens (including phenoxy) is 3. The topological polar surface area (TPSA) is 87.3 Å². The number of H-pyrrole nitrogens is 1. The molecule has 1 N–H and O–H groups in total. The third kappa shape index (κ3) is 4.62. The highest BCUT2D eigenvalue weighted by Gasteiger charge is 2.71. The number of para-hydroxylation sites is 1. The minimum Gasteiger partial charge on any atom is -0.496 e. The first-order valence-electron chi connectivity index (χ1n) is 19.7. The van der Waals surface area contributed by atoms with Crippen molar-refractivity contribution in [3.8, 4) is 5.75 Å². The van der Waals surface area contributed by atoms with E-state index in [2.05, 4.69) is 95.2 Å². The third-order valence-electron chi connectivity index (χ3n) is 14.6. The SMILES string of the molecule is CCC1=C[C@H]2CN(CCc3c([nH]c4ccccc34)[C@@](C(=O)OC)(c3cc4c(cc3OC)N(C)[C@H]3[C@@H](C(=O)OC)C[C@]5(CC)C=CCN6CC[C@]43[C@@H]65)C2)C1. The lowest BCUT2D eigenvalue weighted by Gasteiger charge is -2.58. The summed E-state index contributed by atoms with van der Waals surface area (Å²) in [6, 6.07) is 13.1. The van der Waals surface area contributed by atoms with Crippen molar-refractivity contribution in [1.82, 2.24) is 14.8 Å². The highest BCUT2D eigenvalue weighted by molar-refractivity contribution is 5.94. The van der Waals surface area contributed by atoms with Crippen LogP contribution in [-0.4, -0.2) is 99.9 Å². The summed E-state index contributed by atoms with van der Waals surface area (Å²) in [5, 5.41) is 1.15. The van der Waals surface area contributed by atoms with Gasteiger partial charge in [-0.05, 0) is 74.2 Å². The van der Waals surface area contributed by atoms with Gasteiger partial charge in [0.25, 0.3) is 0 Å². The molecule has 2 fully saturated rings. The number of likely N-dealkylation sites (N-methyl/N-ethyl adjacent to an activating group) is 1. The zero-order valence-corrected chi connectivity index (χ0v) is 32.2. The quantitative estimate of drug-likeness (QED) is 0.241. The number of methoxy groups -OCH3 is 3. The Hall–Kier alpha value is -4.08. The molecule has 8 atom stereocenters. The van der Waals surface area contributed by atoms with Gasteiger partial charge in [0, 0.05) is 84.0 Å². The molecule has 2 bridgehead atoms. The molecule has 1 saturated heterocycles. The van der Waals surface area contributed by atoms with Crippen LogP contribution in [0.2, 0.25) is 0 Å². The summed E-state index contributed by atoms with van der Waals surface area (Å²) in [6.07, 6.45) is 12.1. The van der Waals surface area contributed by atoms with Crippen LogP contribution in [0.25, 0.3) is 10.9 Å². The van der Waals surface area contributed by atoms with Gasteiger partial charge in [0.1, 0.15) is 11.2 Å². The van der Waals surface area contributed by atoms with E-state index in [1.807, 2.05) is 0 Å². The van der Waals surface area contributed by atoms with Crippen LogP contribution in [0, 0.1) is 17.3 Å². The number of aromatic nitrogens is 1. The Morgan fingerprint density at radius 3 is 2.60 bits per heavy atom. The zero-order valence-electron chi connectivity index (χ0n) is 32.2. The maximum Gasteiger partial charge on any atom is 0.322 e. The maximum absolute atomic E-state index is 15.2. The number of nitrogens with one attached hydrogen (secondary N) is 1. The monoisotopic (exact) mass is 718 g/mol. The normalized spacial score (nSPS) is 34.2. The molecule has 6 aliphatic rings. The van der Waals surface area contributed by atoms with Gasteiger partial charge in [-0.2, -0.15) is 0 Å². The Kier molecular flexibility index (Phi) is 8.17. The Bertz CT molecular complexity index is 2050. The van der Waals surface area contributed by atoms with Crippen LogP contribution in [-0.2, 0) is 36.3 Å². The van der Waals surface area contributed by atoms with E-state index in [1.165, 1.54) is 30.9 Å². The van der Waals surface area contributed by atoms with Crippen molar-refractivity contribution in [3.63, 3.8) is 0 Å². The molecule has 1 aliphatic carbocycles. The molecule has 9 heteroatoms. The van der Waals surface area contributed by atoms with Crippen molar-refractivity contribution in [2.75, 3.05) is 66.0 Å². The van der Waals surface area contributed by atoms with Gasteiger partial charge in [0.05, 0.1) is 33.3 Å². The van der Waals surface area contributed by atoms with Crippen molar-refractivity contribution >= 4 is 28.5 Å². The Morgan fingerprint density at radius 2 is 1.85 bits per heavy atom. The van der Waals surface area contributed by atoms with Crippen LogP contribution in [0.5, 0.6) is 5.75 Å². The largest absolute Gasteiger partial charge is 0.496 e. The van der Waals surface area contributed by atoms with E-state index in [0.29, 0.717) is 12.2 Å². The van der Waals surface area contributed by atoms with Crippen molar-refractivity contribution in [1.29, 1.82) is 0 Å². The lowest BCUT2D eigenvalue weighted by molar-refractivity contribution is -0.151. The van der Waals surface area contributed by atoms with E-state index in [9.17, 15) is 4.79 Å². The fourth-order valence-electron chi connectivity index (χ4n) is 12.6. The summed E-state index contributed by atoms with van der Waals surface area (Å²) in [5.74, 6) is 0.0639. The van der Waals surface area contributed by atoms with Crippen LogP contribution in [0.1, 0.15) is 68.3 Å². The second-order valence-corrected chi connectivity index (χ2v) is 16.7. The molecule has 9 nitrogen and oxygen atoms in total. The molecule has 1 unspecified atom stereocenters. The highest BCUT2D eigenvalue weighted by atomic mass is 16.5.